The van der Waals surface area contributed by atoms with Gasteiger partial charge in [-0.15, -0.1) is 0 Å². The number of anilines is 1. The minimum atomic E-state index is -0.677. The van der Waals surface area contributed by atoms with E-state index in [0.29, 0.717) is 25.3 Å². The Morgan fingerprint density at radius 2 is 1.96 bits per heavy atom. The number of nitrogens with zero attached hydrogens (tertiary/aromatic N) is 1. The van der Waals surface area contributed by atoms with Crippen LogP contribution in [0.5, 0.6) is 0 Å². The minimum absolute atomic E-state index is 0.0971. The lowest BCUT2D eigenvalue weighted by atomic mass is 9.96. The number of carbonyl (C=O) groups is 2. The summed E-state index contributed by atoms with van der Waals surface area (Å²) in [5.41, 5.74) is 7.32. The number of carbonyl (C=O) groups excluding carboxylic acids is 2. The summed E-state index contributed by atoms with van der Waals surface area (Å²) in [7, 11) is 0. The Morgan fingerprint density at radius 3 is 2.71 bits per heavy atom. The summed E-state index contributed by atoms with van der Waals surface area (Å²) in [6.07, 6.45) is 1.79. The van der Waals surface area contributed by atoms with E-state index < -0.39 is 17.9 Å². The Morgan fingerprint density at radius 1 is 1.18 bits per heavy atom. The van der Waals surface area contributed by atoms with E-state index in [1.54, 1.807) is 11.0 Å². The summed E-state index contributed by atoms with van der Waals surface area (Å²) in [4.78, 5) is 26.5. The van der Waals surface area contributed by atoms with Crippen molar-refractivity contribution in [1.29, 1.82) is 0 Å². The van der Waals surface area contributed by atoms with Crippen LogP contribution in [0.15, 0.2) is 54.6 Å². The molecule has 2 atom stereocenters. The van der Waals surface area contributed by atoms with Crippen molar-refractivity contribution >= 4 is 17.6 Å². The zero-order valence-corrected chi connectivity index (χ0v) is 15.6. The zero-order valence-electron chi connectivity index (χ0n) is 15.6. The van der Waals surface area contributed by atoms with E-state index in [1.807, 2.05) is 30.3 Å². The monoisotopic (exact) mass is 384 g/mol. The molecule has 1 saturated heterocycles. The summed E-state index contributed by atoms with van der Waals surface area (Å²) >= 11 is 0. The summed E-state index contributed by atoms with van der Waals surface area (Å²) < 4.78 is 13.2. The predicted molar refractivity (Wildman–Crippen MR) is 106 cm³/mol. The fourth-order valence-electron chi connectivity index (χ4n) is 3.41. The number of likely N-dealkylation sites (tertiary alicyclic amines) is 1. The normalized spacial score (nSPS) is 17.6. The number of amides is 3. The fraction of sp³-hybridized carbons (Fsp3) is 0.333. The molecule has 1 fully saturated rings. The zero-order chi connectivity index (χ0) is 19.9. The molecule has 0 radical (unpaired) electrons. The molecule has 2 aromatic carbocycles. The number of urea groups is 1. The highest BCUT2D eigenvalue weighted by molar-refractivity contribution is 5.89. The number of benzene rings is 2. The average Bonchev–Trinajstić information content (AvgIpc) is 2.72. The average molecular weight is 384 g/mol. The van der Waals surface area contributed by atoms with Gasteiger partial charge in [0.2, 0.25) is 5.91 Å². The fourth-order valence-corrected chi connectivity index (χ4v) is 3.41. The molecule has 0 saturated carbocycles. The first-order valence-corrected chi connectivity index (χ1v) is 9.42. The maximum Gasteiger partial charge on any atom is 0.319 e. The number of hydrogen-bond acceptors (Lipinski definition) is 3. The molecular weight excluding hydrogens is 359 g/mol. The SMILES string of the molecule is NC(C(=O)N1CCCC(CNC(=O)Nc2cccc(F)c2)C1)c1ccccc1. The summed E-state index contributed by atoms with van der Waals surface area (Å²) in [5, 5.41) is 5.40. The Hall–Kier alpha value is -2.93. The molecule has 1 heterocycles. The molecule has 3 amide bonds. The first kappa shape index (κ1) is 19.8. The van der Waals surface area contributed by atoms with Crippen LogP contribution in [0.25, 0.3) is 0 Å². The van der Waals surface area contributed by atoms with Crippen molar-refractivity contribution in [3.05, 3.63) is 66.0 Å². The minimum Gasteiger partial charge on any atom is -0.341 e. The number of piperidine rings is 1. The van der Waals surface area contributed by atoms with E-state index in [-0.39, 0.29) is 11.8 Å². The third-order valence-corrected chi connectivity index (χ3v) is 4.89. The topological polar surface area (TPSA) is 87.5 Å². The molecule has 28 heavy (non-hydrogen) atoms. The van der Waals surface area contributed by atoms with Crippen molar-refractivity contribution in [1.82, 2.24) is 10.2 Å². The molecule has 2 unspecified atom stereocenters. The van der Waals surface area contributed by atoms with Gasteiger partial charge in [-0.3, -0.25) is 4.79 Å². The van der Waals surface area contributed by atoms with Gasteiger partial charge < -0.3 is 21.3 Å². The van der Waals surface area contributed by atoms with Crippen LogP contribution in [-0.4, -0.2) is 36.5 Å². The number of hydrogen-bond donors (Lipinski definition) is 3. The standard InChI is InChI=1S/C21H25FN4O2/c22-17-9-4-10-18(12-17)25-21(28)24-13-15-6-5-11-26(14-15)20(27)19(23)16-7-2-1-3-8-16/h1-4,7-10,12,15,19H,5-6,11,13-14,23H2,(H2,24,25,28). The number of nitrogens with two attached hydrogens (primary N) is 1. The molecule has 148 valence electrons. The molecule has 0 aromatic heterocycles. The van der Waals surface area contributed by atoms with Crippen molar-refractivity contribution in [2.24, 2.45) is 11.7 Å². The lowest BCUT2D eigenvalue weighted by molar-refractivity contribution is -0.134. The lowest BCUT2D eigenvalue weighted by Crippen LogP contribution is -2.47. The van der Waals surface area contributed by atoms with Gasteiger partial charge in [0.25, 0.3) is 0 Å². The van der Waals surface area contributed by atoms with Gasteiger partial charge in [0.05, 0.1) is 0 Å². The van der Waals surface area contributed by atoms with Crippen LogP contribution in [0.3, 0.4) is 0 Å². The first-order valence-electron chi connectivity index (χ1n) is 9.42. The number of nitrogens with one attached hydrogen (secondary N) is 2. The molecule has 0 spiro atoms. The Labute approximate surface area is 163 Å². The highest BCUT2D eigenvalue weighted by Gasteiger charge is 2.28. The molecule has 2 aromatic rings. The molecule has 1 aliphatic rings. The quantitative estimate of drug-likeness (QED) is 0.741. The van der Waals surface area contributed by atoms with Gasteiger partial charge in [-0.2, -0.15) is 0 Å². The number of halogens is 1. The van der Waals surface area contributed by atoms with Gasteiger partial charge in [-0.25, -0.2) is 9.18 Å². The van der Waals surface area contributed by atoms with E-state index in [2.05, 4.69) is 10.6 Å². The maximum absolute atomic E-state index is 13.2. The Bertz CT molecular complexity index is 815. The molecular formula is C21H25FN4O2. The van der Waals surface area contributed by atoms with Gasteiger partial charge in [-0.1, -0.05) is 36.4 Å². The summed E-state index contributed by atoms with van der Waals surface area (Å²) in [5.74, 6) is -0.354. The van der Waals surface area contributed by atoms with Crippen molar-refractivity contribution in [3.63, 3.8) is 0 Å². The van der Waals surface area contributed by atoms with E-state index in [1.165, 1.54) is 18.2 Å². The largest absolute Gasteiger partial charge is 0.341 e. The van der Waals surface area contributed by atoms with Gasteiger partial charge in [0.15, 0.2) is 0 Å². The van der Waals surface area contributed by atoms with Crippen molar-refractivity contribution in [3.8, 4) is 0 Å². The second kappa shape index (κ2) is 9.32. The van der Waals surface area contributed by atoms with E-state index in [4.69, 9.17) is 5.73 Å². The predicted octanol–water partition coefficient (Wildman–Crippen LogP) is 2.89. The van der Waals surface area contributed by atoms with Crippen LogP contribution >= 0.6 is 0 Å². The maximum atomic E-state index is 13.2. The van der Waals surface area contributed by atoms with Crippen molar-refractivity contribution in [2.45, 2.75) is 18.9 Å². The van der Waals surface area contributed by atoms with Gasteiger partial charge in [-0.05, 0) is 42.5 Å². The molecule has 6 nitrogen and oxygen atoms in total. The van der Waals surface area contributed by atoms with Crippen LogP contribution in [-0.2, 0) is 4.79 Å². The first-order chi connectivity index (χ1) is 13.5. The van der Waals surface area contributed by atoms with Crippen LogP contribution in [0.2, 0.25) is 0 Å². The Balaban J connectivity index is 1.49. The van der Waals surface area contributed by atoms with Crippen LogP contribution in [0, 0.1) is 11.7 Å². The summed E-state index contributed by atoms with van der Waals surface area (Å²) in [6.45, 7) is 1.66. The third-order valence-electron chi connectivity index (χ3n) is 4.89. The Kier molecular flexibility index (Phi) is 6.60. The van der Waals surface area contributed by atoms with Crippen molar-refractivity contribution in [2.75, 3.05) is 25.0 Å². The molecule has 0 bridgehead atoms. The van der Waals surface area contributed by atoms with E-state index in [9.17, 15) is 14.0 Å². The molecule has 0 aliphatic carbocycles. The van der Waals surface area contributed by atoms with E-state index >= 15 is 0 Å². The summed E-state index contributed by atoms with van der Waals surface area (Å²) in [6, 6.07) is 14.0. The highest BCUT2D eigenvalue weighted by Crippen LogP contribution is 2.20. The second-order valence-electron chi connectivity index (χ2n) is 7.03. The van der Waals surface area contributed by atoms with Gasteiger partial charge in [0, 0.05) is 25.3 Å². The van der Waals surface area contributed by atoms with Gasteiger partial charge >= 0.3 is 6.03 Å². The molecule has 3 rings (SSSR count). The molecule has 7 heteroatoms. The van der Waals surface area contributed by atoms with E-state index in [0.717, 1.165) is 18.4 Å². The van der Waals surface area contributed by atoms with Gasteiger partial charge in [0.1, 0.15) is 11.9 Å². The van der Waals surface area contributed by atoms with Crippen LogP contribution in [0.1, 0.15) is 24.4 Å². The third kappa shape index (κ3) is 5.29. The number of rotatable bonds is 5. The van der Waals surface area contributed by atoms with Crippen LogP contribution in [0.4, 0.5) is 14.9 Å². The molecule has 1 aliphatic heterocycles. The van der Waals surface area contributed by atoms with Crippen LogP contribution < -0.4 is 16.4 Å². The smallest absolute Gasteiger partial charge is 0.319 e. The molecule has 4 N–H and O–H groups in total. The highest BCUT2D eigenvalue weighted by atomic mass is 19.1. The second-order valence-corrected chi connectivity index (χ2v) is 7.03. The lowest BCUT2D eigenvalue weighted by Gasteiger charge is -2.34. The van der Waals surface area contributed by atoms with Crippen molar-refractivity contribution < 1.29 is 14.0 Å².